The molecule has 104 valence electrons. The molecule has 6 nitrogen and oxygen atoms in total. The minimum Gasteiger partial charge on any atom is -0.369 e. The van der Waals surface area contributed by atoms with E-state index in [-0.39, 0.29) is 11.8 Å². The molecule has 0 aliphatic heterocycles. The average Bonchev–Trinajstić information content (AvgIpc) is 2.19. The third kappa shape index (κ3) is 11.8. The van der Waals surface area contributed by atoms with Crippen LogP contribution in [0.5, 0.6) is 0 Å². The average molecular weight is 269 g/mol. The van der Waals surface area contributed by atoms with Crippen molar-refractivity contribution in [2.24, 2.45) is 11.7 Å². The zero-order valence-corrected chi connectivity index (χ0v) is 12.2. The van der Waals surface area contributed by atoms with Crippen molar-refractivity contribution in [2.45, 2.75) is 34.6 Å². The van der Waals surface area contributed by atoms with Gasteiger partial charge in [-0.05, 0) is 20.8 Å². The van der Waals surface area contributed by atoms with E-state index in [0.29, 0.717) is 19.8 Å². The van der Waals surface area contributed by atoms with Crippen molar-refractivity contribution in [3.63, 3.8) is 0 Å². The number of rotatable bonds is 7. The first-order valence-electron chi connectivity index (χ1n) is 5.65. The number of nitrogens with two attached hydrogens (primary N) is 1. The van der Waals surface area contributed by atoms with Crippen molar-refractivity contribution in [1.29, 1.82) is 0 Å². The summed E-state index contributed by atoms with van der Waals surface area (Å²) in [4.78, 5) is 9.92. The molecule has 0 spiro atoms. The lowest BCUT2D eigenvalue weighted by Gasteiger charge is -2.14. The second kappa shape index (κ2) is 10.7. The number of phosphoric ester groups is 1. The molecule has 17 heavy (non-hydrogen) atoms. The molecule has 0 radical (unpaired) electrons. The van der Waals surface area contributed by atoms with Crippen LogP contribution in [0.2, 0.25) is 0 Å². The van der Waals surface area contributed by atoms with E-state index >= 15 is 0 Å². The largest absolute Gasteiger partial charge is 0.474 e. The van der Waals surface area contributed by atoms with Gasteiger partial charge in [-0.2, -0.15) is 0 Å². The molecule has 0 heterocycles. The Balaban J connectivity index is 0. The van der Waals surface area contributed by atoms with Crippen molar-refractivity contribution >= 4 is 13.7 Å². The molecule has 7 heteroatoms. The smallest absolute Gasteiger partial charge is 0.369 e. The summed E-state index contributed by atoms with van der Waals surface area (Å²) >= 11 is 0. The molecule has 0 atom stereocenters. The molecule has 0 saturated carbocycles. The van der Waals surface area contributed by atoms with Gasteiger partial charge in [0.2, 0.25) is 5.91 Å². The highest BCUT2D eigenvalue weighted by molar-refractivity contribution is 7.48. The second-order valence-electron chi connectivity index (χ2n) is 3.26. The van der Waals surface area contributed by atoms with Crippen LogP contribution in [0.15, 0.2) is 0 Å². The summed E-state index contributed by atoms with van der Waals surface area (Å²) in [7, 11) is -3.22. The first kappa shape index (κ1) is 18.9. The van der Waals surface area contributed by atoms with Crippen molar-refractivity contribution < 1.29 is 22.9 Å². The van der Waals surface area contributed by atoms with E-state index in [1.807, 2.05) is 0 Å². The van der Waals surface area contributed by atoms with E-state index in [0.717, 1.165) is 0 Å². The number of amides is 1. The molecule has 0 fully saturated rings. The first-order chi connectivity index (χ1) is 7.82. The Morgan fingerprint density at radius 1 is 1.06 bits per heavy atom. The zero-order valence-electron chi connectivity index (χ0n) is 11.3. The van der Waals surface area contributed by atoms with Gasteiger partial charge in [0.05, 0.1) is 19.8 Å². The lowest BCUT2D eigenvalue weighted by atomic mass is 10.2. The van der Waals surface area contributed by atoms with Gasteiger partial charge in [0, 0.05) is 5.92 Å². The Labute approximate surface area is 103 Å². The maximum absolute atomic E-state index is 11.3. The third-order valence-corrected chi connectivity index (χ3v) is 3.15. The van der Waals surface area contributed by atoms with E-state index in [9.17, 15) is 9.36 Å². The van der Waals surface area contributed by atoms with E-state index in [2.05, 4.69) is 0 Å². The van der Waals surface area contributed by atoms with Crippen LogP contribution in [-0.2, 0) is 22.9 Å². The van der Waals surface area contributed by atoms with Crippen LogP contribution in [0.1, 0.15) is 34.6 Å². The lowest BCUT2D eigenvalue weighted by Crippen LogP contribution is -2.17. The zero-order chi connectivity index (χ0) is 13.9. The minimum absolute atomic E-state index is 0.00926. The molecule has 0 unspecified atom stereocenters. The summed E-state index contributed by atoms with van der Waals surface area (Å²) < 4.78 is 25.8. The summed E-state index contributed by atoms with van der Waals surface area (Å²) in [5.41, 5.74) is 4.80. The Morgan fingerprint density at radius 2 is 1.29 bits per heavy atom. The lowest BCUT2D eigenvalue weighted by molar-refractivity contribution is -0.120. The fourth-order valence-corrected chi connectivity index (χ4v) is 1.76. The molecular formula is C10H24NO5P. The van der Waals surface area contributed by atoms with E-state index in [1.165, 1.54) is 0 Å². The van der Waals surface area contributed by atoms with Gasteiger partial charge in [-0.15, -0.1) is 0 Å². The van der Waals surface area contributed by atoms with Crippen LogP contribution in [0, 0.1) is 5.92 Å². The minimum atomic E-state index is -3.22. The van der Waals surface area contributed by atoms with E-state index < -0.39 is 7.82 Å². The van der Waals surface area contributed by atoms with Crippen molar-refractivity contribution in [3.05, 3.63) is 0 Å². The van der Waals surface area contributed by atoms with Gasteiger partial charge >= 0.3 is 7.82 Å². The predicted octanol–water partition coefficient (Wildman–Crippen LogP) is 2.33. The molecule has 0 aromatic carbocycles. The Morgan fingerprint density at radius 3 is 1.41 bits per heavy atom. The van der Waals surface area contributed by atoms with E-state index in [4.69, 9.17) is 19.3 Å². The quantitative estimate of drug-likeness (QED) is 0.716. The summed E-state index contributed by atoms with van der Waals surface area (Å²) in [5.74, 6) is -0.250. The summed E-state index contributed by atoms with van der Waals surface area (Å²) in [6, 6.07) is 0. The molecule has 1 amide bonds. The van der Waals surface area contributed by atoms with Crippen molar-refractivity contribution in [1.82, 2.24) is 0 Å². The number of carbonyl (C=O) groups excluding carboxylic acids is 1. The van der Waals surface area contributed by atoms with Crippen LogP contribution in [0.4, 0.5) is 0 Å². The van der Waals surface area contributed by atoms with Gasteiger partial charge in [0.15, 0.2) is 0 Å². The molecule has 0 rings (SSSR count). The number of phosphoric acid groups is 1. The molecule has 0 aliphatic carbocycles. The topological polar surface area (TPSA) is 87.9 Å². The fraction of sp³-hybridized carbons (Fsp3) is 0.900. The van der Waals surface area contributed by atoms with Crippen LogP contribution < -0.4 is 5.73 Å². The number of carbonyl (C=O) groups is 1. The second-order valence-corrected chi connectivity index (χ2v) is 4.93. The van der Waals surface area contributed by atoms with Crippen LogP contribution in [-0.4, -0.2) is 25.7 Å². The molecular weight excluding hydrogens is 245 g/mol. The molecule has 0 aliphatic rings. The summed E-state index contributed by atoms with van der Waals surface area (Å²) in [6.45, 7) is 9.75. The Bertz CT molecular complexity index is 221. The predicted molar refractivity (Wildman–Crippen MR) is 66.5 cm³/mol. The molecule has 2 N–H and O–H groups in total. The highest BCUT2D eigenvalue weighted by Crippen LogP contribution is 2.48. The molecule has 0 aromatic rings. The molecule has 0 bridgehead atoms. The highest BCUT2D eigenvalue weighted by Gasteiger charge is 2.23. The van der Waals surface area contributed by atoms with Crippen LogP contribution in [0.25, 0.3) is 0 Å². The van der Waals surface area contributed by atoms with Gasteiger partial charge in [-0.3, -0.25) is 18.4 Å². The van der Waals surface area contributed by atoms with Crippen molar-refractivity contribution in [3.8, 4) is 0 Å². The van der Waals surface area contributed by atoms with E-state index in [1.54, 1.807) is 34.6 Å². The normalized spacial score (nSPS) is 10.9. The maximum Gasteiger partial charge on any atom is 0.474 e. The Hall–Kier alpha value is -0.420. The number of hydrogen-bond donors (Lipinski definition) is 1. The first-order valence-corrected chi connectivity index (χ1v) is 7.11. The monoisotopic (exact) mass is 269 g/mol. The fourth-order valence-electron chi connectivity index (χ4n) is 0.586. The number of hydrogen-bond acceptors (Lipinski definition) is 5. The maximum atomic E-state index is 11.3. The van der Waals surface area contributed by atoms with Gasteiger partial charge < -0.3 is 5.73 Å². The summed E-state index contributed by atoms with van der Waals surface area (Å²) in [5, 5.41) is 0. The standard InChI is InChI=1S/C6H15O4P.C4H9NO/c1-4-8-11(7,9-5-2)10-6-3;1-3(2)4(5)6/h4-6H2,1-3H3;3H,1-2H3,(H2,5,6). The van der Waals surface area contributed by atoms with Gasteiger partial charge in [-0.1, -0.05) is 13.8 Å². The SMILES string of the molecule is CC(C)C(N)=O.CCOP(=O)(OCC)OCC. The molecule has 0 aromatic heterocycles. The van der Waals surface area contributed by atoms with Crippen molar-refractivity contribution in [2.75, 3.05) is 19.8 Å². The Kier molecular flexibility index (Phi) is 11.9. The van der Waals surface area contributed by atoms with Crippen LogP contribution in [0.3, 0.4) is 0 Å². The van der Waals surface area contributed by atoms with Gasteiger partial charge in [0.1, 0.15) is 0 Å². The highest BCUT2D eigenvalue weighted by atomic mass is 31.2. The molecule has 0 saturated heterocycles. The summed E-state index contributed by atoms with van der Waals surface area (Å²) in [6.07, 6.45) is 0. The van der Waals surface area contributed by atoms with Crippen LogP contribution >= 0.6 is 7.82 Å². The number of primary amides is 1. The van der Waals surface area contributed by atoms with Gasteiger partial charge in [0.25, 0.3) is 0 Å². The third-order valence-electron chi connectivity index (χ3n) is 1.43. The van der Waals surface area contributed by atoms with Gasteiger partial charge in [-0.25, -0.2) is 4.57 Å².